The summed E-state index contributed by atoms with van der Waals surface area (Å²) in [6, 6.07) is 0.341. The molecule has 4 heteroatoms. The van der Waals surface area contributed by atoms with Crippen LogP contribution in [0.15, 0.2) is 5.38 Å². The first kappa shape index (κ1) is 8.62. The Kier molecular flexibility index (Phi) is 2.96. The van der Waals surface area contributed by atoms with Crippen LogP contribution in [0, 0.1) is 5.92 Å². The molecule has 1 atom stereocenters. The standard InChI is InChI=1S/C7H13N3S/c1-5(2)7(8-3)6-4-11-10-9-6/h4-5,7-8H,1-3H3. The Morgan fingerprint density at radius 1 is 1.55 bits per heavy atom. The van der Waals surface area contributed by atoms with Gasteiger partial charge < -0.3 is 5.32 Å². The van der Waals surface area contributed by atoms with Crippen LogP contribution in [0.4, 0.5) is 0 Å². The molecule has 0 aliphatic carbocycles. The fourth-order valence-corrected chi connectivity index (χ4v) is 1.62. The van der Waals surface area contributed by atoms with Gasteiger partial charge in [-0.25, -0.2) is 0 Å². The lowest BCUT2D eigenvalue weighted by atomic mass is 10.0. The van der Waals surface area contributed by atoms with E-state index >= 15 is 0 Å². The van der Waals surface area contributed by atoms with Crippen molar-refractivity contribution >= 4 is 11.5 Å². The predicted molar refractivity (Wildman–Crippen MR) is 46.5 cm³/mol. The van der Waals surface area contributed by atoms with Crippen LogP contribution in [0.1, 0.15) is 25.6 Å². The van der Waals surface area contributed by atoms with Crippen LogP contribution in [-0.4, -0.2) is 16.6 Å². The van der Waals surface area contributed by atoms with Gasteiger partial charge >= 0.3 is 0 Å². The highest BCUT2D eigenvalue weighted by atomic mass is 32.1. The highest BCUT2D eigenvalue weighted by molar-refractivity contribution is 7.03. The number of hydrogen-bond acceptors (Lipinski definition) is 4. The molecule has 0 aromatic carbocycles. The molecule has 0 radical (unpaired) electrons. The second-order valence-corrected chi connectivity index (χ2v) is 3.45. The number of hydrogen-bond donors (Lipinski definition) is 1. The fourth-order valence-electron chi connectivity index (χ4n) is 1.13. The summed E-state index contributed by atoms with van der Waals surface area (Å²) in [4.78, 5) is 0. The second-order valence-electron chi connectivity index (χ2n) is 2.84. The first-order valence-corrected chi connectivity index (χ1v) is 4.53. The average Bonchev–Trinajstić information content (AvgIpc) is 2.40. The summed E-state index contributed by atoms with van der Waals surface area (Å²) in [5, 5.41) is 9.21. The molecular weight excluding hydrogens is 158 g/mol. The van der Waals surface area contributed by atoms with E-state index in [1.54, 1.807) is 0 Å². The van der Waals surface area contributed by atoms with Crippen molar-refractivity contribution < 1.29 is 0 Å². The van der Waals surface area contributed by atoms with E-state index in [0.717, 1.165) is 5.69 Å². The first-order chi connectivity index (χ1) is 5.25. The topological polar surface area (TPSA) is 37.8 Å². The Morgan fingerprint density at radius 2 is 2.27 bits per heavy atom. The normalized spacial score (nSPS) is 13.8. The molecular formula is C7H13N3S. The van der Waals surface area contributed by atoms with Crippen molar-refractivity contribution in [1.82, 2.24) is 14.9 Å². The van der Waals surface area contributed by atoms with Crippen LogP contribution < -0.4 is 5.32 Å². The zero-order valence-electron chi connectivity index (χ0n) is 7.03. The number of aromatic nitrogens is 2. The van der Waals surface area contributed by atoms with Crippen molar-refractivity contribution in [3.63, 3.8) is 0 Å². The lowest BCUT2D eigenvalue weighted by Gasteiger charge is -2.16. The van der Waals surface area contributed by atoms with Gasteiger partial charge in [0.1, 0.15) is 0 Å². The maximum atomic E-state index is 4.01. The van der Waals surface area contributed by atoms with Gasteiger partial charge in [-0.1, -0.05) is 18.3 Å². The summed E-state index contributed by atoms with van der Waals surface area (Å²) in [5.41, 5.74) is 1.05. The Bertz CT molecular complexity index is 195. The quantitative estimate of drug-likeness (QED) is 0.748. The molecule has 1 N–H and O–H groups in total. The second kappa shape index (κ2) is 3.78. The molecule has 0 spiro atoms. The molecule has 0 bridgehead atoms. The summed E-state index contributed by atoms with van der Waals surface area (Å²) < 4.78 is 3.83. The molecule has 3 nitrogen and oxygen atoms in total. The van der Waals surface area contributed by atoms with Gasteiger partial charge in [0, 0.05) is 5.38 Å². The summed E-state index contributed by atoms with van der Waals surface area (Å²) in [5.74, 6) is 0.559. The predicted octanol–water partition coefficient (Wildman–Crippen LogP) is 1.45. The molecule has 1 aromatic rings. The molecule has 0 fully saturated rings. The van der Waals surface area contributed by atoms with Crippen molar-refractivity contribution in [3.8, 4) is 0 Å². The highest BCUT2D eigenvalue weighted by Gasteiger charge is 2.15. The fraction of sp³-hybridized carbons (Fsp3) is 0.714. The number of rotatable bonds is 3. The van der Waals surface area contributed by atoms with Crippen LogP contribution in [0.3, 0.4) is 0 Å². The van der Waals surface area contributed by atoms with Crippen molar-refractivity contribution in [2.24, 2.45) is 5.92 Å². The van der Waals surface area contributed by atoms with Gasteiger partial charge in [0.25, 0.3) is 0 Å². The zero-order valence-corrected chi connectivity index (χ0v) is 7.85. The Morgan fingerprint density at radius 3 is 2.64 bits per heavy atom. The lowest BCUT2D eigenvalue weighted by molar-refractivity contribution is 0.433. The smallest absolute Gasteiger partial charge is 0.0927 e. The van der Waals surface area contributed by atoms with Gasteiger partial charge in [0.15, 0.2) is 0 Å². The van der Waals surface area contributed by atoms with Gasteiger partial charge in [0.05, 0.1) is 11.7 Å². The van der Waals surface area contributed by atoms with Crippen molar-refractivity contribution in [1.29, 1.82) is 0 Å². The van der Waals surface area contributed by atoms with E-state index in [0.29, 0.717) is 12.0 Å². The lowest BCUT2D eigenvalue weighted by Crippen LogP contribution is -2.21. The van der Waals surface area contributed by atoms with E-state index in [9.17, 15) is 0 Å². The molecule has 0 saturated carbocycles. The highest BCUT2D eigenvalue weighted by Crippen LogP contribution is 2.19. The minimum Gasteiger partial charge on any atom is -0.311 e. The van der Waals surface area contributed by atoms with Crippen LogP contribution in [0.5, 0.6) is 0 Å². The van der Waals surface area contributed by atoms with Crippen LogP contribution in [0.2, 0.25) is 0 Å². The monoisotopic (exact) mass is 171 g/mol. The molecule has 1 aromatic heterocycles. The van der Waals surface area contributed by atoms with Gasteiger partial charge in [-0.15, -0.1) is 5.10 Å². The minimum atomic E-state index is 0.341. The Balaban J connectivity index is 2.71. The van der Waals surface area contributed by atoms with Gasteiger partial charge in [-0.3, -0.25) is 0 Å². The molecule has 1 rings (SSSR count). The zero-order chi connectivity index (χ0) is 8.27. The Labute approximate surface area is 71.0 Å². The third-order valence-corrected chi connectivity index (χ3v) is 2.20. The Hall–Kier alpha value is -0.480. The summed E-state index contributed by atoms with van der Waals surface area (Å²) >= 11 is 1.40. The SMILES string of the molecule is CNC(c1csnn1)C(C)C. The average molecular weight is 171 g/mol. The molecule has 0 amide bonds. The van der Waals surface area contributed by atoms with E-state index in [1.165, 1.54) is 11.5 Å². The molecule has 11 heavy (non-hydrogen) atoms. The van der Waals surface area contributed by atoms with Crippen molar-refractivity contribution in [2.75, 3.05) is 7.05 Å². The van der Waals surface area contributed by atoms with Crippen molar-refractivity contribution in [2.45, 2.75) is 19.9 Å². The molecule has 1 heterocycles. The maximum Gasteiger partial charge on any atom is 0.0927 e. The van der Waals surface area contributed by atoms with Gasteiger partial charge in [-0.2, -0.15) is 0 Å². The van der Waals surface area contributed by atoms with E-state index in [-0.39, 0.29) is 0 Å². The third kappa shape index (κ3) is 1.97. The largest absolute Gasteiger partial charge is 0.311 e. The first-order valence-electron chi connectivity index (χ1n) is 3.70. The minimum absolute atomic E-state index is 0.341. The van der Waals surface area contributed by atoms with Crippen molar-refractivity contribution in [3.05, 3.63) is 11.1 Å². The maximum absolute atomic E-state index is 4.01. The number of nitrogens with zero attached hydrogens (tertiary/aromatic N) is 2. The molecule has 62 valence electrons. The number of nitrogens with one attached hydrogen (secondary N) is 1. The van der Waals surface area contributed by atoms with Crippen LogP contribution in [0.25, 0.3) is 0 Å². The molecule has 0 saturated heterocycles. The van der Waals surface area contributed by atoms with Crippen LogP contribution in [-0.2, 0) is 0 Å². The van der Waals surface area contributed by atoms with Crippen LogP contribution >= 0.6 is 11.5 Å². The third-order valence-electron chi connectivity index (χ3n) is 1.67. The van der Waals surface area contributed by atoms with E-state index in [2.05, 4.69) is 28.8 Å². The van der Waals surface area contributed by atoms with E-state index < -0.39 is 0 Å². The molecule has 0 aliphatic heterocycles. The van der Waals surface area contributed by atoms with Gasteiger partial charge in [0.2, 0.25) is 0 Å². The van der Waals surface area contributed by atoms with Gasteiger partial charge in [-0.05, 0) is 24.5 Å². The van der Waals surface area contributed by atoms with E-state index in [4.69, 9.17) is 0 Å². The van der Waals surface area contributed by atoms with E-state index in [1.807, 2.05) is 12.4 Å². The summed E-state index contributed by atoms with van der Waals surface area (Å²) in [6.07, 6.45) is 0. The molecule has 0 aliphatic rings. The summed E-state index contributed by atoms with van der Waals surface area (Å²) in [6.45, 7) is 4.33. The summed E-state index contributed by atoms with van der Waals surface area (Å²) in [7, 11) is 1.95. The molecule has 1 unspecified atom stereocenters.